The second-order valence-corrected chi connectivity index (χ2v) is 14.5. The van der Waals surface area contributed by atoms with Gasteiger partial charge in [0.25, 0.3) is 5.91 Å². The first-order valence-electron chi connectivity index (χ1n) is 15.1. The Balaban J connectivity index is 1.47. The summed E-state index contributed by atoms with van der Waals surface area (Å²) < 4.78 is 19.0. The van der Waals surface area contributed by atoms with E-state index in [2.05, 4.69) is 45.7 Å². The van der Waals surface area contributed by atoms with Gasteiger partial charge in [-0.2, -0.15) is 0 Å². The zero-order valence-corrected chi connectivity index (χ0v) is 24.9. The summed E-state index contributed by atoms with van der Waals surface area (Å²) in [5, 5.41) is 2.92. The van der Waals surface area contributed by atoms with Crippen LogP contribution in [0.3, 0.4) is 0 Å². The number of amides is 1. The van der Waals surface area contributed by atoms with Gasteiger partial charge in [0.1, 0.15) is 11.9 Å². The summed E-state index contributed by atoms with van der Waals surface area (Å²) in [6.45, 7) is 16.8. The topological polar surface area (TPSA) is 94.2 Å². The fourth-order valence-corrected chi connectivity index (χ4v) is 10.7. The Kier molecular flexibility index (Phi) is 5.48. The van der Waals surface area contributed by atoms with E-state index in [1.165, 1.54) is 12.5 Å². The summed E-state index contributed by atoms with van der Waals surface area (Å²) in [4.78, 5) is 41.2. The number of morpholine rings is 1. The highest BCUT2D eigenvalue weighted by atomic mass is 16.7. The second-order valence-electron chi connectivity index (χ2n) is 14.5. The molecule has 8 rings (SSSR count). The van der Waals surface area contributed by atoms with Gasteiger partial charge in [-0.1, -0.05) is 57.6 Å². The van der Waals surface area contributed by atoms with Crippen molar-refractivity contribution >= 4 is 17.7 Å². The van der Waals surface area contributed by atoms with Crippen LogP contribution in [0.25, 0.3) is 0 Å². The van der Waals surface area contributed by atoms with Gasteiger partial charge in [-0.3, -0.25) is 14.4 Å². The van der Waals surface area contributed by atoms with Gasteiger partial charge in [0, 0.05) is 36.5 Å². The molecule has 1 aromatic carbocycles. The molecule has 7 heteroatoms. The monoisotopic (exact) mass is 559 g/mol. The number of esters is 1. The van der Waals surface area contributed by atoms with Crippen LogP contribution in [-0.2, 0) is 30.3 Å². The summed E-state index contributed by atoms with van der Waals surface area (Å²) in [6.07, 6.45) is 5.29. The van der Waals surface area contributed by atoms with Crippen molar-refractivity contribution in [1.82, 2.24) is 5.32 Å². The average Bonchev–Trinajstić information content (AvgIpc) is 3.54. The third-order valence-corrected chi connectivity index (χ3v) is 11.6. The molecule has 218 valence electrons. The van der Waals surface area contributed by atoms with Crippen molar-refractivity contribution < 1.29 is 28.6 Å². The van der Waals surface area contributed by atoms with Crippen LogP contribution in [0, 0.1) is 46.3 Å². The molecular weight excluding hydrogens is 518 g/mol. The number of nitrogens with one attached hydrogen (secondary N) is 1. The van der Waals surface area contributed by atoms with Crippen molar-refractivity contribution in [3.8, 4) is 5.75 Å². The number of hydrogen-bond donors (Lipinski definition) is 1. The number of carbonyl (C=O) groups is 3. The number of ketones is 1. The van der Waals surface area contributed by atoms with Crippen molar-refractivity contribution in [2.75, 3.05) is 0 Å². The van der Waals surface area contributed by atoms with E-state index < -0.39 is 40.6 Å². The summed E-state index contributed by atoms with van der Waals surface area (Å²) in [7, 11) is 0. The summed E-state index contributed by atoms with van der Waals surface area (Å²) >= 11 is 0. The minimum Gasteiger partial charge on any atom is -0.490 e. The van der Waals surface area contributed by atoms with Gasteiger partial charge in [0.2, 0.25) is 11.3 Å². The van der Waals surface area contributed by atoms with Crippen molar-refractivity contribution in [2.45, 2.75) is 84.3 Å². The molecule has 4 fully saturated rings. The number of epoxide rings is 1. The van der Waals surface area contributed by atoms with E-state index in [-0.39, 0.29) is 41.5 Å². The van der Waals surface area contributed by atoms with Crippen LogP contribution in [0.2, 0.25) is 0 Å². The lowest BCUT2D eigenvalue weighted by Crippen LogP contribution is -2.54. The summed E-state index contributed by atoms with van der Waals surface area (Å²) in [5.41, 5.74) is -1.86. The number of benzene rings is 1. The lowest BCUT2D eigenvalue weighted by atomic mass is 9.53. The van der Waals surface area contributed by atoms with Crippen LogP contribution >= 0.6 is 0 Å². The van der Waals surface area contributed by atoms with Gasteiger partial charge < -0.3 is 19.5 Å². The first-order chi connectivity index (χ1) is 19.3. The molecule has 1 amide bonds. The molecule has 2 saturated heterocycles. The highest BCUT2D eigenvalue weighted by Crippen LogP contribution is 2.69. The van der Waals surface area contributed by atoms with Gasteiger partial charge >= 0.3 is 5.97 Å². The Bertz CT molecular complexity index is 1400. The first-order valence-corrected chi connectivity index (χ1v) is 15.1. The number of fused-ring (bicyclic) bond motifs is 4. The smallest absolute Gasteiger partial charge is 0.304 e. The van der Waals surface area contributed by atoms with Gasteiger partial charge in [-0.25, -0.2) is 0 Å². The third-order valence-electron chi connectivity index (χ3n) is 11.6. The normalized spacial score (nSPS) is 49.1. The Hall–Kier alpha value is -2.93. The highest BCUT2D eigenvalue weighted by molar-refractivity contribution is 6.16. The Labute approximate surface area is 242 Å². The number of carbonyl (C=O) groups excluding carboxylic acids is 3. The van der Waals surface area contributed by atoms with Crippen LogP contribution < -0.4 is 10.1 Å². The maximum absolute atomic E-state index is 15.1. The first kappa shape index (κ1) is 26.9. The number of allylic oxidation sites excluding steroid dienone is 3. The fraction of sp³-hybridized carbons (Fsp3) is 0.618. The van der Waals surface area contributed by atoms with Gasteiger partial charge in [-0.15, -0.1) is 6.58 Å². The average molecular weight is 560 g/mol. The molecule has 0 aromatic heterocycles. The molecule has 4 heterocycles. The van der Waals surface area contributed by atoms with Crippen LogP contribution in [0.15, 0.2) is 48.6 Å². The van der Waals surface area contributed by atoms with E-state index in [1.807, 2.05) is 37.3 Å². The highest BCUT2D eigenvalue weighted by Gasteiger charge is 2.84. The lowest BCUT2D eigenvalue weighted by molar-refractivity contribution is -0.165. The predicted molar refractivity (Wildman–Crippen MR) is 152 cm³/mol. The predicted octanol–water partition coefficient (Wildman–Crippen LogP) is 4.79. The standard InChI is InChI=1S/C34H41NO6/c1-8-31(6)15-19(4)24-23-26(31)28(37)34-29(41-34)33(35-30(34)38,40-20(5)36)16-21-9-11-22(12-10-21)39-27(23)25-18(3)13-17(2)14-32(24,25)7/h8-12,15,17-18,23-27,29H,1,13-14,16H2,2-7H3,(H,35,38). The molecule has 7 aliphatic rings. The zero-order chi connectivity index (χ0) is 29.3. The number of Topliss-reactive ketones (excluding diaryl/α,β-unsaturated/α-hetero) is 1. The van der Waals surface area contributed by atoms with Crippen LogP contribution in [0.1, 0.15) is 59.9 Å². The van der Waals surface area contributed by atoms with E-state index in [0.717, 1.165) is 24.2 Å². The molecule has 3 aliphatic carbocycles. The van der Waals surface area contributed by atoms with Gasteiger partial charge in [0.15, 0.2) is 11.9 Å². The Morgan fingerprint density at radius 3 is 2.49 bits per heavy atom. The SMILES string of the molecule is C=CC1(C)C=C(C)C2C3C(Oc4ccc(cc4)CC4(OC(C)=O)NC(=O)C5(OC45)C(=O)C31)C1C(C)CC(C)CC21C. The third kappa shape index (κ3) is 3.38. The Morgan fingerprint density at radius 2 is 1.85 bits per heavy atom. The van der Waals surface area contributed by atoms with E-state index in [0.29, 0.717) is 11.8 Å². The molecule has 12 unspecified atom stereocenters. The molecule has 1 N–H and O–H groups in total. The van der Waals surface area contributed by atoms with Crippen LogP contribution in [-0.4, -0.2) is 41.2 Å². The molecule has 4 bridgehead atoms. The van der Waals surface area contributed by atoms with Crippen molar-refractivity contribution in [1.29, 1.82) is 0 Å². The number of hydrogen-bond acceptors (Lipinski definition) is 6. The zero-order valence-electron chi connectivity index (χ0n) is 24.9. The summed E-state index contributed by atoms with van der Waals surface area (Å²) in [6, 6.07) is 7.82. The van der Waals surface area contributed by atoms with Crippen molar-refractivity contribution in [3.05, 3.63) is 54.1 Å². The number of ether oxygens (including phenoxy) is 3. The molecule has 4 aliphatic heterocycles. The van der Waals surface area contributed by atoms with E-state index in [9.17, 15) is 9.59 Å². The van der Waals surface area contributed by atoms with Gasteiger partial charge in [-0.05, 0) is 60.6 Å². The van der Waals surface area contributed by atoms with Gasteiger partial charge in [0.05, 0.1) is 0 Å². The molecule has 12 atom stereocenters. The number of rotatable bonds is 2. The van der Waals surface area contributed by atoms with Crippen LogP contribution in [0.5, 0.6) is 5.75 Å². The van der Waals surface area contributed by atoms with Crippen LogP contribution in [0.4, 0.5) is 0 Å². The molecule has 0 spiro atoms. The lowest BCUT2D eigenvalue weighted by Gasteiger charge is -2.50. The minimum absolute atomic E-state index is 0.0774. The second kappa shape index (κ2) is 8.33. The summed E-state index contributed by atoms with van der Waals surface area (Å²) in [5.74, 6) is -0.0571. The molecule has 0 radical (unpaired) electrons. The van der Waals surface area contributed by atoms with E-state index >= 15 is 4.79 Å². The molecule has 41 heavy (non-hydrogen) atoms. The molecule has 7 nitrogen and oxygen atoms in total. The van der Waals surface area contributed by atoms with Crippen molar-refractivity contribution in [3.63, 3.8) is 0 Å². The van der Waals surface area contributed by atoms with E-state index in [1.54, 1.807) is 0 Å². The maximum Gasteiger partial charge on any atom is 0.304 e. The Morgan fingerprint density at radius 1 is 1.15 bits per heavy atom. The minimum atomic E-state index is -1.71. The fourth-order valence-electron chi connectivity index (χ4n) is 10.7. The van der Waals surface area contributed by atoms with E-state index in [4.69, 9.17) is 14.2 Å². The molecule has 2 saturated carbocycles. The molecule has 1 aromatic rings. The largest absolute Gasteiger partial charge is 0.490 e. The quantitative estimate of drug-likeness (QED) is 0.242. The maximum atomic E-state index is 15.1. The molecular formula is C34H41NO6. The van der Waals surface area contributed by atoms with Crippen molar-refractivity contribution in [2.24, 2.45) is 46.3 Å².